The first-order valence-electron chi connectivity index (χ1n) is 10.6. The molecule has 1 aromatic rings. The summed E-state index contributed by atoms with van der Waals surface area (Å²) in [6.07, 6.45) is 3.86. The van der Waals surface area contributed by atoms with Crippen molar-refractivity contribution in [1.29, 1.82) is 0 Å². The molecule has 0 bridgehead atoms. The van der Waals surface area contributed by atoms with E-state index >= 15 is 0 Å². The molecule has 2 fully saturated rings. The number of aliphatic hydroxyl groups is 1. The van der Waals surface area contributed by atoms with Crippen molar-refractivity contribution in [3.63, 3.8) is 0 Å². The Balaban J connectivity index is 1.70. The molecule has 3 amide bonds. The molecule has 3 rings (SSSR count). The van der Waals surface area contributed by atoms with Crippen LogP contribution in [0.15, 0.2) is 30.3 Å². The second-order valence-corrected chi connectivity index (χ2v) is 8.36. The van der Waals surface area contributed by atoms with Crippen LogP contribution in [0.25, 0.3) is 0 Å². The van der Waals surface area contributed by atoms with Gasteiger partial charge in [-0.2, -0.15) is 0 Å². The van der Waals surface area contributed by atoms with Crippen molar-refractivity contribution in [3.8, 4) is 0 Å². The molecule has 2 N–H and O–H groups in total. The van der Waals surface area contributed by atoms with E-state index in [0.717, 1.165) is 50.3 Å². The number of rotatable bonds is 8. The summed E-state index contributed by atoms with van der Waals surface area (Å²) in [5, 5.41) is 13.5. The number of benzene rings is 1. The van der Waals surface area contributed by atoms with Crippen LogP contribution in [0.3, 0.4) is 0 Å². The lowest BCUT2D eigenvalue weighted by Crippen LogP contribution is -2.46. The summed E-state index contributed by atoms with van der Waals surface area (Å²) in [5.41, 5.74) is -0.210. The van der Waals surface area contributed by atoms with Crippen molar-refractivity contribution in [2.45, 2.75) is 57.6 Å². The zero-order chi connectivity index (χ0) is 20.1. The molecule has 2 aliphatic rings. The Kier molecular flexibility index (Phi) is 6.73. The fraction of sp³-hybridized carbons (Fsp3) is 0.636. The summed E-state index contributed by atoms with van der Waals surface area (Å²) < 4.78 is 0. The maximum Gasteiger partial charge on any atom is 0.325 e. The van der Waals surface area contributed by atoms with Crippen LogP contribution in [-0.2, 0) is 10.3 Å². The van der Waals surface area contributed by atoms with Crippen LogP contribution in [0, 0.1) is 5.92 Å². The number of nitrogens with zero attached hydrogens (tertiary/aromatic N) is 2. The van der Waals surface area contributed by atoms with Crippen LogP contribution >= 0.6 is 0 Å². The van der Waals surface area contributed by atoms with Gasteiger partial charge in [0.15, 0.2) is 0 Å². The van der Waals surface area contributed by atoms with Gasteiger partial charge in [0.2, 0.25) is 0 Å². The zero-order valence-electron chi connectivity index (χ0n) is 17.1. The van der Waals surface area contributed by atoms with Gasteiger partial charge in [0.1, 0.15) is 5.54 Å². The van der Waals surface area contributed by atoms with Gasteiger partial charge in [-0.1, -0.05) is 57.0 Å². The lowest BCUT2D eigenvalue weighted by Gasteiger charge is -2.32. The lowest BCUT2D eigenvalue weighted by molar-refractivity contribution is -0.133. The molecular formula is C22H33N3O3. The van der Waals surface area contributed by atoms with Crippen LogP contribution in [0.1, 0.15) is 51.5 Å². The Morgan fingerprint density at radius 1 is 1.18 bits per heavy atom. The second kappa shape index (κ2) is 9.05. The molecule has 1 aromatic carbocycles. The summed E-state index contributed by atoms with van der Waals surface area (Å²) in [6, 6.07) is 9.05. The number of likely N-dealkylation sites (tertiary alicyclic amines) is 1. The summed E-state index contributed by atoms with van der Waals surface area (Å²) in [4.78, 5) is 29.4. The van der Waals surface area contributed by atoms with E-state index in [1.807, 2.05) is 30.3 Å². The third-order valence-corrected chi connectivity index (χ3v) is 6.09. The highest BCUT2D eigenvalue weighted by Crippen LogP contribution is 2.34. The number of hydrogen-bond donors (Lipinski definition) is 2. The van der Waals surface area contributed by atoms with Gasteiger partial charge >= 0.3 is 6.03 Å². The van der Waals surface area contributed by atoms with Gasteiger partial charge in [0.25, 0.3) is 5.91 Å². The van der Waals surface area contributed by atoms with Crippen molar-refractivity contribution in [1.82, 2.24) is 15.1 Å². The van der Waals surface area contributed by atoms with Gasteiger partial charge < -0.3 is 15.3 Å². The number of hydrogen-bond acceptors (Lipinski definition) is 4. The molecular weight excluding hydrogens is 354 g/mol. The van der Waals surface area contributed by atoms with E-state index in [1.54, 1.807) is 0 Å². The molecule has 154 valence electrons. The Hall–Kier alpha value is -1.92. The van der Waals surface area contributed by atoms with E-state index < -0.39 is 17.7 Å². The fourth-order valence-corrected chi connectivity index (χ4v) is 4.28. The molecule has 6 heteroatoms. The summed E-state index contributed by atoms with van der Waals surface area (Å²) in [5.74, 6) is 0.479. The summed E-state index contributed by atoms with van der Waals surface area (Å²) in [7, 11) is 0. The van der Waals surface area contributed by atoms with Crippen LogP contribution in [0.5, 0.6) is 0 Å². The van der Waals surface area contributed by atoms with Gasteiger partial charge in [0, 0.05) is 6.54 Å². The van der Waals surface area contributed by atoms with Gasteiger partial charge in [-0.3, -0.25) is 9.69 Å². The Morgan fingerprint density at radius 3 is 2.50 bits per heavy atom. The molecule has 2 heterocycles. The maximum absolute atomic E-state index is 13.3. The Bertz CT molecular complexity index is 673. The van der Waals surface area contributed by atoms with Crippen molar-refractivity contribution in [3.05, 3.63) is 35.9 Å². The number of β-amino-alcohol motifs (C(OH)–C–C–N with tert-alkyl or cyclic N) is 1. The van der Waals surface area contributed by atoms with Gasteiger partial charge in [0.05, 0.1) is 12.6 Å². The van der Waals surface area contributed by atoms with Crippen molar-refractivity contribution >= 4 is 11.9 Å². The number of aliphatic hydroxyl groups excluding tert-OH is 1. The number of imide groups is 1. The second-order valence-electron chi connectivity index (χ2n) is 8.36. The minimum absolute atomic E-state index is 0.0391. The SMILES string of the molecule is CCCCC1(c2ccccc2)NC(=O)N(CC(O)CN2CCC(C)CC2)C1=O. The van der Waals surface area contributed by atoms with Crippen LogP contribution in [0.4, 0.5) is 4.79 Å². The molecule has 2 unspecified atom stereocenters. The number of urea groups is 1. The predicted molar refractivity (Wildman–Crippen MR) is 109 cm³/mol. The zero-order valence-corrected chi connectivity index (χ0v) is 17.1. The first-order chi connectivity index (χ1) is 13.5. The number of carbonyl (C=O) groups excluding carboxylic acids is 2. The largest absolute Gasteiger partial charge is 0.390 e. The van der Waals surface area contributed by atoms with Crippen molar-refractivity contribution in [2.24, 2.45) is 5.92 Å². The molecule has 28 heavy (non-hydrogen) atoms. The average molecular weight is 388 g/mol. The molecule has 6 nitrogen and oxygen atoms in total. The topological polar surface area (TPSA) is 72.9 Å². The van der Waals surface area contributed by atoms with Crippen LogP contribution < -0.4 is 5.32 Å². The van der Waals surface area contributed by atoms with E-state index in [-0.39, 0.29) is 12.5 Å². The molecule has 0 aromatic heterocycles. The first-order valence-corrected chi connectivity index (χ1v) is 10.6. The molecule has 2 atom stereocenters. The minimum atomic E-state index is -1.02. The standard InChI is InChI=1S/C22H33N3O3/c1-3-4-12-22(18-8-6-5-7-9-18)20(27)25(21(28)23-22)16-19(26)15-24-13-10-17(2)11-14-24/h5-9,17,19,26H,3-4,10-16H2,1-2H3,(H,23,28). The number of carbonyl (C=O) groups is 2. The lowest BCUT2D eigenvalue weighted by atomic mass is 9.85. The van der Waals surface area contributed by atoms with E-state index in [2.05, 4.69) is 24.1 Å². The third-order valence-electron chi connectivity index (χ3n) is 6.09. The quantitative estimate of drug-likeness (QED) is 0.673. The highest BCUT2D eigenvalue weighted by Gasteiger charge is 2.52. The number of nitrogens with one attached hydrogen (secondary N) is 1. The normalized spacial score (nSPS) is 25.2. The molecule has 0 radical (unpaired) electrons. The molecule has 0 saturated carbocycles. The Labute approximate surface area is 167 Å². The Morgan fingerprint density at radius 2 is 1.86 bits per heavy atom. The smallest absolute Gasteiger partial charge is 0.325 e. The number of unbranched alkanes of at least 4 members (excludes halogenated alkanes) is 1. The maximum atomic E-state index is 13.3. The van der Waals surface area contributed by atoms with Gasteiger partial charge in [-0.15, -0.1) is 0 Å². The number of piperidine rings is 1. The minimum Gasteiger partial charge on any atom is -0.390 e. The highest BCUT2D eigenvalue weighted by atomic mass is 16.3. The molecule has 0 spiro atoms. The predicted octanol–water partition coefficient (Wildman–Crippen LogP) is 2.72. The molecule has 0 aliphatic carbocycles. The fourth-order valence-electron chi connectivity index (χ4n) is 4.28. The van der Waals surface area contributed by atoms with Crippen molar-refractivity contribution in [2.75, 3.05) is 26.2 Å². The average Bonchev–Trinajstić information content (AvgIpc) is 2.94. The van der Waals surface area contributed by atoms with Gasteiger partial charge in [-0.25, -0.2) is 4.79 Å². The monoisotopic (exact) mass is 387 g/mol. The highest BCUT2D eigenvalue weighted by molar-refractivity contribution is 6.07. The molecule has 2 aliphatic heterocycles. The van der Waals surface area contributed by atoms with Crippen LogP contribution in [-0.4, -0.2) is 59.1 Å². The summed E-state index contributed by atoms with van der Waals surface area (Å²) in [6.45, 7) is 6.78. The first kappa shape index (κ1) is 20.8. The van der Waals surface area contributed by atoms with E-state index in [0.29, 0.717) is 13.0 Å². The van der Waals surface area contributed by atoms with E-state index in [1.165, 1.54) is 4.90 Å². The summed E-state index contributed by atoms with van der Waals surface area (Å²) >= 11 is 0. The molecule has 2 saturated heterocycles. The van der Waals surface area contributed by atoms with Gasteiger partial charge in [-0.05, 0) is 43.8 Å². The van der Waals surface area contributed by atoms with E-state index in [9.17, 15) is 14.7 Å². The number of amides is 3. The van der Waals surface area contributed by atoms with E-state index in [4.69, 9.17) is 0 Å². The van der Waals surface area contributed by atoms with Crippen molar-refractivity contribution < 1.29 is 14.7 Å². The third kappa shape index (κ3) is 4.39. The van der Waals surface area contributed by atoms with Crippen LogP contribution in [0.2, 0.25) is 0 Å².